The summed E-state index contributed by atoms with van der Waals surface area (Å²) in [6, 6.07) is 0. The summed E-state index contributed by atoms with van der Waals surface area (Å²) in [6.45, 7) is 0. The van der Waals surface area contributed by atoms with Crippen molar-refractivity contribution in [3.63, 3.8) is 0 Å². The molecule has 0 rings (SSSR count). The van der Waals surface area contributed by atoms with Crippen LogP contribution >= 0.6 is 0 Å². The van der Waals surface area contributed by atoms with Crippen LogP contribution in [-0.2, 0) is 14.3 Å². The number of carbonyl (C=O) groups excluding carboxylic acids is 1. The van der Waals surface area contributed by atoms with E-state index >= 15 is 0 Å². The van der Waals surface area contributed by atoms with E-state index in [1.807, 2.05) is 0 Å². The summed E-state index contributed by atoms with van der Waals surface area (Å²) in [4.78, 5) is 10.4. The third-order valence-electron chi connectivity index (χ3n) is 0.724. The van der Waals surface area contributed by atoms with Crippen LogP contribution in [0, 0.1) is 0 Å². The van der Waals surface area contributed by atoms with Crippen LogP contribution in [0.25, 0.3) is 0 Å². The Bertz CT molecular complexity index is 136. The second-order valence-electron chi connectivity index (χ2n) is 1.19. The van der Waals surface area contributed by atoms with E-state index in [-0.39, 0.29) is 36.7 Å². The minimum absolute atomic E-state index is 0. The Kier molecular flexibility index (Phi) is 8.64. The van der Waals surface area contributed by atoms with Gasteiger partial charge < -0.3 is 16.0 Å². The molecule has 0 spiro atoms. The Morgan fingerprint density at radius 2 is 2.00 bits per heavy atom. The first-order chi connectivity index (χ1) is 4.26. The zero-order valence-corrected chi connectivity index (χ0v) is 8.25. The summed E-state index contributed by atoms with van der Waals surface area (Å²) < 4.78 is 8.59. The molecular formula is C5H9NaO4. The number of rotatable bonds is 2. The fourth-order valence-corrected chi connectivity index (χ4v) is 0.289. The van der Waals surface area contributed by atoms with E-state index in [1.54, 1.807) is 0 Å². The maximum Gasteiger partial charge on any atom is 1.00 e. The number of aliphatic hydroxyl groups is 1. The van der Waals surface area contributed by atoms with Crippen LogP contribution in [0.5, 0.6) is 0 Å². The largest absolute Gasteiger partial charge is 1.00 e. The van der Waals surface area contributed by atoms with E-state index in [1.165, 1.54) is 14.2 Å². The fraction of sp³-hybridized carbons (Fsp3) is 0.400. The van der Waals surface area contributed by atoms with Gasteiger partial charge in [-0.05, 0) is 0 Å². The summed E-state index contributed by atoms with van der Waals surface area (Å²) in [5.41, 5.74) is 0. The molecule has 4 nitrogen and oxygen atoms in total. The fourth-order valence-electron chi connectivity index (χ4n) is 0.289. The molecule has 0 aromatic rings. The molecule has 0 radical (unpaired) electrons. The standard InChI is InChI=1S/C5H8O4.Na.H/c1-8-4(3-6)5(7)9-2;;/h3,6H,1-2H3;;/q;+1;-1. The Morgan fingerprint density at radius 3 is 2.10 bits per heavy atom. The number of ether oxygens (including phenoxy) is 2. The second kappa shape index (κ2) is 6.92. The Labute approximate surface area is 82.6 Å². The number of esters is 1. The van der Waals surface area contributed by atoms with Gasteiger partial charge >= 0.3 is 35.5 Å². The predicted octanol–water partition coefficient (Wildman–Crippen LogP) is -2.68. The minimum atomic E-state index is -0.694. The van der Waals surface area contributed by atoms with Gasteiger partial charge in [-0.2, -0.15) is 0 Å². The van der Waals surface area contributed by atoms with Gasteiger partial charge in [-0.15, -0.1) is 0 Å². The average molecular weight is 156 g/mol. The van der Waals surface area contributed by atoms with E-state index in [9.17, 15) is 4.79 Å². The summed E-state index contributed by atoms with van der Waals surface area (Å²) in [5.74, 6) is -0.905. The predicted molar refractivity (Wildman–Crippen MR) is 30.8 cm³/mol. The van der Waals surface area contributed by atoms with Gasteiger partial charge in [0.05, 0.1) is 14.2 Å². The summed E-state index contributed by atoms with van der Waals surface area (Å²) in [7, 11) is 2.46. The molecule has 0 aromatic carbocycles. The molecule has 0 saturated heterocycles. The van der Waals surface area contributed by atoms with E-state index in [4.69, 9.17) is 5.11 Å². The smallest absolute Gasteiger partial charge is 1.00 e. The zero-order chi connectivity index (χ0) is 7.28. The van der Waals surface area contributed by atoms with Crippen LogP contribution in [0.15, 0.2) is 12.0 Å². The van der Waals surface area contributed by atoms with E-state index in [0.29, 0.717) is 6.26 Å². The van der Waals surface area contributed by atoms with Crippen LogP contribution in [0.1, 0.15) is 1.43 Å². The van der Waals surface area contributed by atoms with Crippen LogP contribution in [0.3, 0.4) is 0 Å². The Hall–Kier alpha value is -0.190. The normalized spacial score (nSPS) is 9.60. The molecule has 0 unspecified atom stereocenters. The number of carbonyl (C=O) groups is 1. The van der Waals surface area contributed by atoms with Crippen molar-refractivity contribution in [3.05, 3.63) is 12.0 Å². The molecule has 0 aliphatic heterocycles. The van der Waals surface area contributed by atoms with E-state index < -0.39 is 5.97 Å². The minimum Gasteiger partial charge on any atom is -1.00 e. The van der Waals surface area contributed by atoms with Gasteiger partial charge in [-0.1, -0.05) is 0 Å². The van der Waals surface area contributed by atoms with Gasteiger partial charge in [0.15, 0.2) is 0 Å². The molecule has 0 aromatic heterocycles. The zero-order valence-electron chi connectivity index (χ0n) is 7.25. The van der Waals surface area contributed by atoms with Gasteiger partial charge in [-0.25, -0.2) is 4.79 Å². The first-order valence-electron chi connectivity index (χ1n) is 2.23. The number of aliphatic hydroxyl groups excluding tert-OH is 1. The maximum atomic E-state index is 10.4. The van der Waals surface area contributed by atoms with Crippen LogP contribution in [0.2, 0.25) is 0 Å². The summed E-state index contributed by atoms with van der Waals surface area (Å²) in [6.07, 6.45) is 0.547. The van der Waals surface area contributed by atoms with Crippen molar-refractivity contribution in [3.8, 4) is 0 Å². The second-order valence-corrected chi connectivity index (χ2v) is 1.19. The third kappa shape index (κ3) is 3.76. The van der Waals surface area contributed by atoms with Gasteiger partial charge in [0.1, 0.15) is 6.26 Å². The number of hydrogen-bond donors (Lipinski definition) is 1. The van der Waals surface area contributed by atoms with Gasteiger partial charge in [0.25, 0.3) is 0 Å². The number of hydrogen-bond acceptors (Lipinski definition) is 4. The topological polar surface area (TPSA) is 55.8 Å². The Balaban J connectivity index is -0.000000320. The van der Waals surface area contributed by atoms with Crippen LogP contribution < -0.4 is 29.6 Å². The van der Waals surface area contributed by atoms with Crippen molar-refractivity contribution in [2.45, 2.75) is 0 Å². The van der Waals surface area contributed by atoms with Crippen molar-refractivity contribution in [1.29, 1.82) is 0 Å². The van der Waals surface area contributed by atoms with Crippen molar-refractivity contribution in [2.75, 3.05) is 14.2 Å². The monoisotopic (exact) mass is 156 g/mol. The molecule has 5 heteroatoms. The number of methoxy groups -OCH3 is 2. The van der Waals surface area contributed by atoms with Crippen molar-refractivity contribution < 1.29 is 50.4 Å². The molecule has 10 heavy (non-hydrogen) atoms. The quantitative estimate of drug-likeness (QED) is 0.205. The molecule has 0 amide bonds. The molecular weight excluding hydrogens is 147 g/mol. The maximum absolute atomic E-state index is 10.4. The Morgan fingerprint density at radius 1 is 1.50 bits per heavy atom. The van der Waals surface area contributed by atoms with Gasteiger partial charge in [0, 0.05) is 0 Å². The van der Waals surface area contributed by atoms with Crippen molar-refractivity contribution in [1.82, 2.24) is 0 Å². The summed E-state index contributed by atoms with van der Waals surface area (Å²) >= 11 is 0. The first-order valence-corrected chi connectivity index (χ1v) is 2.23. The molecule has 0 saturated carbocycles. The molecule has 0 fully saturated rings. The van der Waals surface area contributed by atoms with E-state index in [0.717, 1.165) is 0 Å². The molecule has 0 aliphatic rings. The molecule has 54 valence electrons. The molecule has 0 heterocycles. The van der Waals surface area contributed by atoms with Crippen LogP contribution in [-0.4, -0.2) is 25.3 Å². The van der Waals surface area contributed by atoms with Gasteiger partial charge in [0.2, 0.25) is 5.76 Å². The molecule has 0 atom stereocenters. The van der Waals surface area contributed by atoms with Crippen molar-refractivity contribution >= 4 is 5.97 Å². The first kappa shape index (κ1) is 12.5. The van der Waals surface area contributed by atoms with E-state index in [2.05, 4.69) is 9.47 Å². The molecule has 1 N–H and O–H groups in total. The molecule has 0 aliphatic carbocycles. The molecule has 0 bridgehead atoms. The SMILES string of the molecule is COC(=O)C(=CO)OC.[H-].[Na+]. The summed E-state index contributed by atoms with van der Waals surface area (Å²) in [5, 5.41) is 8.24. The average Bonchev–Trinajstić information content (AvgIpc) is 1.90. The van der Waals surface area contributed by atoms with Gasteiger partial charge in [-0.3, -0.25) is 0 Å². The van der Waals surface area contributed by atoms with Crippen molar-refractivity contribution in [2.24, 2.45) is 0 Å². The van der Waals surface area contributed by atoms with Crippen LogP contribution in [0.4, 0.5) is 0 Å². The third-order valence-corrected chi connectivity index (χ3v) is 0.724.